The maximum atomic E-state index is 5.20. The van der Waals surface area contributed by atoms with Crippen molar-refractivity contribution in [2.45, 2.75) is 27.0 Å². The highest BCUT2D eigenvalue weighted by atomic mass is 35.5. The van der Waals surface area contributed by atoms with Gasteiger partial charge in [0.2, 0.25) is 0 Å². The number of fused-ring (bicyclic) bond motifs is 1. The summed E-state index contributed by atoms with van der Waals surface area (Å²) in [6.07, 6.45) is 0. The van der Waals surface area contributed by atoms with Gasteiger partial charge in [-0.1, -0.05) is 26.0 Å². The Hall–Kier alpha value is -1.06. The molecule has 0 spiro atoms. The molecule has 94 valence electrons. The summed E-state index contributed by atoms with van der Waals surface area (Å²) in [7, 11) is 1.71. The molecule has 1 aromatic carbocycles. The summed E-state index contributed by atoms with van der Waals surface area (Å²) in [5.74, 6) is 1.62. The topological polar surface area (TPSA) is 27.1 Å². The van der Waals surface area contributed by atoms with E-state index in [0.717, 1.165) is 17.9 Å². The van der Waals surface area contributed by atoms with E-state index >= 15 is 0 Å². The first kappa shape index (κ1) is 14.0. The van der Waals surface area contributed by atoms with Gasteiger partial charge >= 0.3 is 0 Å². The van der Waals surface area contributed by atoms with Crippen molar-refractivity contribution in [1.29, 1.82) is 0 Å². The minimum Gasteiger partial charge on any atom is -0.377 e. The molecule has 0 unspecified atom stereocenters. The van der Waals surface area contributed by atoms with E-state index in [1.165, 1.54) is 5.52 Å². The van der Waals surface area contributed by atoms with Crippen molar-refractivity contribution in [3.8, 4) is 0 Å². The zero-order valence-corrected chi connectivity index (χ0v) is 11.3. The van der Waals surface area contributed by atoms with Crippen LogP contribution >= 0.6 is 12.4 Å². The number of ether oxygens (including phenoxy) is 1. The van der Waals surface area contributed by atoms with Crippen molar-refractivity contribution in [3.05, 3.63) is 30.1 Å². The van der Waals surface area contributed by atoms with Gasteiger partial charge in [0.05, 0.1) is 11.0 Å². The molecule has 0 amide bonds. The average molecular weight is 255 g/mol. The van der Waals surface area contributed by atoms with Gasteiger partial charge in [0.25, 0.3) is 0 Å². The van der Waals surface area contributed by atoms with Gasteiger partial charge in [0, 0.05) is 13.7 Å². The third-order valence-electron chi connectivity index (χ3n) is 2.55. The van der Waals surface area contributed by atoms with Crippen molar-refractivity contribution in [2.24, 2.45) is 5.92 Å². The summed E-state index contributed by atoms with van der Waals surface area (Å²) in [6, 6.07) is 8.23. The molecule has 0 N–H and O–H groups in total. The number of aromatic nitrogens is 2. The SMILES string of the molecule is COCc1nc2ccccc2n1CC(C)C.Cl. The molecule has 4 heteroatoms. The zero-order valence-electron chi connectivity index (χ0n) is 10.5. The summed E-state index contributed by atoms with van der Waals surface area (Å²) in [5.41, 5.74) is 2.25. The van der Waals surface area contributed by atoms with E-state index in [2.05, 4.69) is 35.5 Å². The van der Waals surface area contributed by atoms with Crippen molar-refractivity contribution in [1.82, 2.24) is 9.55 Å². The summed E-state index contributed by atoms with van der Waals surface area (Å²) in [6.45, 7) is 5.98. The van der Waals surface area contributed by atoms with E-state index in [0.29, 0.717) is 12.5 Å². The smallest absolute Gasteiger partial charge is 0.135 e. The number of nitrogens with zero attached hydrogens (tertiary/aromatic N) is 2. The van der Waals surface area contributed by atoms with Gasteiger partial charge in [-0.05, 0) is 18.1 Å². The van der Waals surface area contributed by atoms with Crippen LogP contribution in [0.25, 0.3) is 11.0 Å². The van der Waals surface area contributed by atoms with Gasteiger partial charge in [-0.15, -0.1) is 12.4 Å². The van der Waals surface area contributed by atoms with Crippen LogP contribution in [0.15, 0.2) is 24.3 Å². The number of rotatable bonds is 4. The predicted molar refractivity (Wildman–Crippen MR) is 72.5 cm³/mol. The molecule has 2 aromatic rings. The Kier molecular flexibility index (Phi) is 4.97. The summed E-state index contributed by atoms with van der Waals surface area (Å²) in [5, 5.41) is 0. The number of benzene rings is 1. The number of para-hydroxylation sites is 2. The monoisotopic (exact) mass is 254 g/mol. The second kappa shape index (κ2) is 6.03. The Morgan fingerprint density at radius 1 is 1.29 bits per heavy atom. The predicted octanol–water partition coefficient (Wildman–Crippen LogP) is 3.26. The number of methoxy groups -OCH3 is 1. The minimum absolute atomic E-state index is 0. The molecule has 0 saturated heterocycles. The third-order valence-corrected chi connectivity index (χ3v) is 2.55. The van der Waals surface area contributed by atoms with Crippen LogP contribution < -0.4 is 0 Å². The quantitative estimate of drug-likeness (QED) is 0.837. The second-order valence-corrected chi connectivity index (χ2v) is 4.45. The van der Waals surface area contributed by atoms with E-state index in [1.54, 1.807) is 7.11 Å². The number of hydrogen-bond donors (Lipinski definition) is 0. The van der Waals surface area contributed by atoms with Crippen LogP contribution in [0, 0.1) is 5.92 Å². The Bertz CT molecular complexity index is 479. The molecule has 0 saturated carbocycles. The minimum atomic E-state index is 0. The van der Waals surface area contributed by atoms with Crippen LogP contribution in [-0.2, 0) is 17.9 Å². The van der Waals surface area contributed by atoms with Crippen molar-refractivity contribution < 1.29 is 4.74 Å². The summed E-state index contributed by atoms with van der Waals surface area (Å²) < 4.78 is 7.45. The molecule has 0 atom stereocenters. The van der Waals surface area contributed by atoms with Gasteiger partial charge in [-0.2, -0.15) is 0 Å². The highest BCUT2D eigenvalue weighted by molar-refractivity contribution is 5.85. The number of hydrogen-bond acceptors (Lipinski definition) is 2. The van der Waals surface area contributed by atoms with E-state index < -0.39 is 0 Å². The van der Waals surface area contributed by atoms with Crippen molar-refractivity contribution in [2.75, 3.05) is 7.11 Å². The standard InChI is InChI=1S/C13H18N2O.ClH/c1-10(2)8-15-12-7-5-4-6-11(12)14-13(15)9-16-3;/h4-7,10H,8-9H2,1-3H3;1H. The fourth-order valence-corrected chi connectivity index (χ4v) is 1.93. The molecule has 0 aliphatic rings. The highest BCUT2D eigenvalue weighted by Crippen LogP contribution is 2.18. The van der Waals surface area contributed by atoms with Crippen LogP contribution in [0.2, 0.25) is 0 Å². The molecular formula is C13H19ClN2O. The van der Waals surface area contributed by atoms with Crippen molar-refractivity contribution in [3.63, 3.8) is 0 Å². The van der Waals surface area contributed by atoms with Crippen LogP contribution in [0.4, 0.5) is 0 Å². The fourth-order valence-electron chi connectivity index (χ4n) is 1.93. The first-order chi connectivity index (χ1) is 7.72. The van der Waals surface area contributed by atoms with E-state index in [9.17, 15) is 0 Å². The molecule has 0 fully saturated rings. The largest absolute Gasteiger partial charge is 0.377 e. The molecule has 0 bridgehead atoms. The Labute approximate surface area is 108 Å². The van der Waals surface area contributed by atoms with Gasteiger partial charge in [0.15, 0.2) is 0 Å². The highest BCUT2D eigenvalue weighted by Gasteiger charge is 2.10. The molecule has 0 aliphatic heterocycles. The van der Waals surface area contributed by atoms with E-state index in [4.69, 9.17) is 4.74 Å². The maximum Gasteiger partial charge on any atom is 0.135 e. The van der Waals surface area contributed by atoms with Crippen LogP contribution in [0.3, 0.4) is 0 Å². The molecule has 17 heavy (non-hydrogen) atoms. The van der Waals surface area contributed by atoms with Gasteiger partial charge < -0.3 is 9.30 Å². The molecule has 0 radical (unpaired) electrons. The lowest BCUT2D eigenvalue weighted by Crippen LogP contribution is -2.09. The van der Waals surface area contributed by atoms with Gasteiger partial charge in [0.1, 0.15) is 12.4 Å². The number of imidazole rings is 1. The Morgan fingerprint density at radius 2 is 2.00 bits per heavy atom. The molecule has 3 nitrogen and oxygen atoms in total. The maximum absolute atomic E-state index is 5.20. The zero-order chi connectivity index (χ0) is 11.5. The van der Waals surface area contributed by atoms with Crippen molar-refractivity contribution >= 4 is 23.4 Å². The fraction of sp³-hybridized carbons (Fsp3) is 0.462. The lowest BCUT2D eigenvalue weighted by atomic mass is 10.2. The lowest BCUT2D eigenvalue weighted by Gasteiger charge is -2.11. The molecular weight excluding hydrogens is 236 g/mol. The Morgan fingerprint density at radius 3 is 2.65 bits per heavy atom. The molecule has 1 aromatic heterocycles. The first-order valence-corrected chi connectivity index (χ1v) is 5.65. The summed E-state index contributed by atoms with van der Waals surface area (Å²) >= 11 is 0. The number of halogens is 1. The van der Waals surface area contributed by atoms with Gasteiger partial charge in [-0.3, -0.25) is 0 Å². The van der Waals surface area contributed by atoms with Crippen LogP contribution in [-0.4, -0.2) is 16.7 Å². The molecule has 1 heterocycles. The normalized spacial score (nSPS) is 10.8. The Balaban J connectivity index is 0.00000144. The average Bonchev–Trinajstić information content (AvgIpc) is 2.57. The van der Waals surface area contributed by atoms with E-state index in [1.807, 2.05) is 12.1 Å². The lowest BCUT2D eigenvalue weighted by molar-refractivity contribution is 0.174. The first-order valence-electron chi connectivity index (χ1n) is 5.65. The summed E-state index contributed by atoms with van der Waals surface area (Å²) in [4.78, 5) is 4.59. The second-order valence-electron chi connectivity index (χ2n) is 4.45. The van der Waals surface area contributed by atoms with Crippen LogP contribution in [0.1, 0.15) is 19.7 Å². The third kappa shape index (κ3) is 2.99. The van der Waals surface area contributed by atoms with Crippen LogP contribution in [0.5, 0.6) is 0 Å². The van der Waals surface area contributed by atoms with E-state index in [-0.39, 0.29) is 12.4 Å². The molecule has 2 rings (SSSR count). The molecule has 0 aliphatic carbocycles. The van der Waals surface area contributed by atoms with Gasteiger partial charge in [-0.25, -0.2) is 4.98 Å².